The van der Waals surface area contributed by atoms with E-state index in [1.165, 1.54) is 19.3 Å². The van der Waals surface area contributed by atoms with Crippen LogP contribution >= 0.6 is 0 Å². The minimum Gasteiger partial charge on any atom is -0.466 e. The largest absolute Gasteiger partial charge is 0.466 e. The quantitative estimate of drug-likeness (QED) is 0.728. The zero-order valence-electron chi connectivity index (χ0n) is 13.8. The van der Waals surface area contributed by atoms with Crippen LogP contribution in [0.25, 0.3) is 0 Å². The predicted molar refractivity (Wildman–Crippen MR) is 84.6 cm³/mol. The summed E-state index contributed by atoms with van der Waals surface area (Å²) in [6, 6.07) is 0. The lowest BCUT2D eigenvalue weighted by Gasteiger charge is -2.32. The molecule has 0 bridgehead atoms. The number of hydrogen-bond acceptors (Lipinski definition) is 5. The molecule has 1 aliphatic heterocycles. The highest BCUT2D eigenvalue weighted by atomic mass is 16.5. The first-order valence-corrected chi connectivity index (χ1v) is 8.87. The van der Waals surface area contributed by atoms with Crippen LogP contribution in [0.15, 0.2) is 0 Å². The van der Waals surface area contributed by atoms with Crippen molar-refractivity contribution in [1.82, 2.24) is 4.90 Å². The van der Waals surface area contributed by atoms with Crippen LogP contribution in [0.4, 0.5) is 0 Å². The first-order chi connectivity index (χ1) is 10.7. The number of carbonyl (C=O) groups is 1. The molecule has 0 aromatic rings. The molecule has 1 heterocycles. The second kappa shape index (κ2) is 9.48. The maximum absolute atomic E-state index is 11.7. The Kier molecular flexibility index (Phi) is 7.63. The van der Waals surface area contributed by atoms with Gasteiger partial charge in [-0.1, -0.05) is 19.3 Å². The molecular formula is C17H31NO4. The van der Waals surface area contributed by atoms with Gasteiger partial charge < -0.3 is 19.5 Å². The molecule has 0 unspecified atom stereocenters. The molecule has 0 amide bonds. The number of aliphatic hydroxyl groups excluding tert-OH is 1. The van der Waals surface area contributed by atoms with Gasteiger partial charge in [-0.15, -0.1) is 0 Å². The minimum atomic E-state index is -0.430. The van der Waals surface area contributed by atoms with E-state index < -0.39 is 6.10 Å². The second-order valence-electron chi connectivity index (χ2n) is 6.57. The molecule has 1 saturated carbocycles. The van der Waals surface area contributed by atoms with E-state index in [-0.39, 0.29) is 11.9 Å². The van der Waals surface area contributed by atoms with E-state index in [0.29, 0.717) is 25.9 Å². The molecule has 128 valence electrons. The zero-order valence-corrected chi connectivity index (χ0v) is 13.8. The molecule has 1 atom stereocenters. The van der Waals surface area contributed by atoms with Gasteiger partial charge in [0.15, 0.2) is 0 Å². The Hall–Kier alpha value is -0.650. The number of piperidine rings is 1. The second-order valence-corrected chi connectivity index (χ2v) is 6.57. The molecule has 2 rings (SSSR count). The van der Waals surface area contributed by atoms with E-state index in [9.17, 15) is 9.90 Å². The number of carbonyl (C=O) groups excluding carboxylic acids is 1. The van der Waals surface area contributed by atoms with E-state index in [1.807, 2.05) is 6.92 Å². The van der Waals surface area contributed by atoms with Crippen molar-refractivity contribution in [2.45, 2.75) is 64.1 Å². The smallest absolute Gasteiger partial charge is 0.309 e. The van der Waals surface area contributed by atoms with Crippen LogP contribution in [-0.4, -0.2) is 61.0 Å². The van der Waals surface area contributed by atoms with Gasteiger partial charge in [-0.3, -0.25) is 4.79 Å². The van der Waals surface area contributed by atoms with Crippen LogP contribution in [0.5, 0.6) is 0 Å². The first kappa shape index (κ1) is 17.7. The minimum absolute atomic E-state index is 0.0341. The van der Waals surface area contributed by atoms with Crippen LogP contribution in [-0.2, 0) is 14.3 Å². The number of β-amino-alcohol motifs (C(OH)–C–C–N with tert-alkyl or cyclic N) is 1. The van der Waals surface area contributed by atoms with Gasteiger partial charge in [0.25, 0.3) is 0 Å². The van der Waals surface area contributed by atoms with Gasteiger partial charge in [0.2, 0.25) is 0 Å². The van der Waals surface area contributed by atoms with E-state index in [2.05, 4.69) is 4.90 Å². The van der Waals surface area contributed by atoms with Crippen molar-refractivity contribution in [3.05, 3.63) is 0 Å². The number of esters is 1. The summed E-state index contributed by atoms with van der Waals surface area (Å²) in [6.45, 7) is 5.07. The highest BCUT2D eigenvalue weighted by molar-refractivity contribution is 5.72. The third-order valence-electron chi connectivity index (χ3n) is 4.75. The third kappa shape index (κ3) is 5.86. The van der Waals surface area contributed by atoms with Gasteiger partial charge in [-0.05, 0) is 45.7 Å². The molecule has 0 radical (unpaired) electrons. The van der Waals surface area contributed by atoms with E-state index in [1.54, 1.807) is 0 Å². The lowest BCUT2D eigenvalue weighted by Crippen LogP contribution is -2.42. The van der Waals surface area contributed by atoms with Crippen molar-refractivity contribution in [3.63, 3.8) is 0 Å². The summed E-state index contributed by atoms with van der Waals surface area (Å²) in [7, 11) is 0. The number of aliphatic hydroxyl groups is 1. The summed E-state index contributed by atoms with van der Waals surface area (Å²) in [5.74, 6) is -0.0323. The molecule has 0 spiro atoms. The van der Waals surface area contributed by atoms with E-state index in [0.717, 1.165) is 38.8 Å². The lowest BCUT2D eigenvalue weighted by atomic mass is 9.97. The monoisotopic (exact) mass is 313 g/mol. The van der Waals surface area contributed by atoms with Gasteiger partial charge in [0.1, 0.15) is 0 Å². The maximum Gasteiger partial charge on any atom is 0.309 e. The summed E-state index contributed by atoms with van der Waals surface area (Å²) < 4.78 is 10.9. The number of likely N-dealkylation sites (tertiary alicyclic amines) is 1. The average Bonchev–Trinajstić information content (AvgIpc) is 2.55. The number of ether oxygens (including phenoxy) is 2. The van der Waals surface area contributed by atoms with Gasteiger partial charge in [0, 0.05) is 6.54 Å². The number of nitrogens with zero attached hydrogens (tertiary/aromatic N) is 1. The lowest BCUT2D eigenvalue weighted by molar-refractivity contribution is -0.149. The van der Waals surface area contributed by atoms with Crippen LogP contribution in [0.1, 0.15) is 51.9 Å². The van der Waals surface area contributed by atoms with Crippen LogP contribution in [0, 0.1) is 5.92 Å². The first-order valence-electron chi connectivity index (χ1n) is 8.87. The molecule has 22 heavy (non-hydrogen) atoms. The Bertz CT molecular complexity index is 323. The molecule has 5 heteroatoms. The molecule has 2 fully saturated rings. The Balaban J connectivity index is 1.59. The van der Waals surface area contributed by atoms with Crippen molar-refractivity contribution < 1.29 is 19.4 Å². The van der Waals surface area contributed by atoms with Crippen LogP contribution in [0.3, 0.4) is 0 Å². The molecule has 0 aromatic heterocycles. The van der Waals surface area contributed by atoms with Crippen molar-refractivity contribution in [3.8, 4) is 0 Å². The molecule has 1 aliphatic carbocycles. The van der Waals surface area contributed by atoms with E-state index in [4.69, 9.17) is 9.47 Å². The fraction of sp³-hybridized carbons (Fsp3) is 0.941. The van der Waals surface area contributed by atoms with Gasteiger partial charge in [-0.25, -0.2) is 0 Å². The highest BCUT2D eigenvalue weighted by Gasteiger charge is 2.27. The summed E-state index contributed by atoms with van der Waals surface area (Å²) in [5, 5.41) is 10.1. The fourth-order valence-electron chi connectivity index (χ4n) is 3.44. The summed E-state index contributed by atoms with van der Waals surface area (Å²) in [6.07, 6.45) is 7.67. The van der Waals surface area contributed by atoms with Crippen LogP contribution in [0.2, 0.25) is 0 Å². The average molecular weight is 313 g/mol. The molecule has 1 N–H and O–H groups in total. The summed E-state index contributed by atoms with van der Waals surface area (Å²) >= 11 is 0. The van der Waals surface area contributed by atoms with Crippen molar-refractivity contribution in [1.29, 1.82) is 0 Å². The third-order valence-corrected chi connectivity index (χ3v) is 4.75. The molecule has 5 nitrogen and oxygen atoms in total. The van der Waals surface area contributed by atoms with Gasteiger partial charge in [0.05, 0.1) is 31.3 Å². The van der Waals surface area contributed by atoms with Crippen LogP contribution < -0.4 is 0 Å². The number of hydrogen-bond donors (Lipinski definition) is 1. The molecule has 0 aromatic carbocycles. The predicted octanol–water partition coefficient (Wildman–Crippen LogP) is 1.97. The topological polar surface area (TPSA) is 59.0 Å². The zero-order chi connectivity index (χ0) is 15.8. The highest BCUT2D eigenvalue weighted by Crippen LogP contribution is 2.21. The van der Waals surface area contributed by atoms with Gasteiger partial charge >= 0.3 is 5.97 Å². The maximum atomic E-state index is 11.7. The SMILES string of the molecule is CCOC(=O)C1CCN(C[C@@H](O)COC2CCCCC2)CC1. The van der Waals surface area contributed by atoms with Crippen molar-refractivity contribution in [2.24, 2.45) is 5.92 Å². The van der Waals surface area contributed by atoms with Crippen molar-refractivity contribution in [2.75, 3.05) is 32.8 Å². The Labute approximate surface area is 134 Å². The Morgan fingerprint density at radius 2 is 1.86 bits per heavy atom. The van der Waals surface area contributed by atoms with E-state index >= 15 is 0 Å². The standard InChI is InChI=1S/C17H31NO4/c1-2-21-17(20)14-8-10-18(11-9-14)12-15(19)13-22-16-6-4-3-5-7-16/h14-16,19H,2-13H2,1H3/t15-/m1/s1. The number of rotatable bonds is 7. The van der Waals surface area contributed by atoms with Crippen molar-refractivity contribution >= 4 is 5.97 Å². The van der Waals surface area contributed by atoms with Gasteiger partial charge in [-0.2, -0.15) is 0 Å². The molecule has 2 aliphatic rings. The molecule has 1 saturated heterocycles. The summed E-state index contributed by atoms with van der Waals surface area (Å²) in [4.78, 5) is 13.9. The Morgan fingerprint density at radius 3 is 2.50 bits per heavy atom. The normalized spacial score (nSPS) is 23.4. The molecular weight excluding hydrogens is 282 g/mol. The fourth-order valence-corrected chi connectivity index (χ4v) is 3.44. The Morgan fingerprint density at radius 1 is 1.18 bits per heavy atom. The summed E-state index contributed by atoms with van der Waals surface area (Å²) in [5.41, 5.74) is 0.